The molecule has 1 fully saturated rings. The Bertz CT molecular complexity index is 1320. The van der Waals surface area contributed by atoms with Crippen molar-refractivity contribution in [2.24, 2.45) is 5.73 Å². The van der Waals surface area contributed by atoms with Crippen molar-refractivity contribution < 1.29 is 9.53 Å². The van der Waals surface area contributed by atoms with Crippen LogP contribution in [0.25, 0.3) is 22.3 Å². The summed E-state index contributed by atoms with van der Waals surface area (Å²) in [5, 5.41) is 5.67. The number of ether oxygens (including phenoxy) is 1. The number of amides is 1. The van der Waals surface area contributed by atoms with Gasteiger partial charge in [-0.25, -0.2) is 14.6 Å². The van der Waals surface area contributed by atoms with Gasteiger partial charge in [-0.3, -0.25) is 4.79 Å². The molecule has 33 heavy (non-hydrogen) atoms. The van der Waals surface area contributed by atoms with Gasteiger partial charge in [0.2, 0.25) is 5.91 Å². The van der Waals surface area contributed by atoms with Crippen LogP contribution in [-0.4, -0.2) is 25.7 Å². The topological polar surface area (TPSA) is 122 Å². The lowest BCUT2D eigenvalue weighted by Gasteiger charge is -2.24. The number of fused-ring (bicyclic) bond motifs is 1. The fourth-order valence-electron chi connectivity index (χ4n) is 4.32. The van der Waals surface area contributed by atoms with Crippen LogP contribution in [0.5, 0.6) is 11.5 Å². The molecular weight excluding hydrogens is 416 g/mol. The van der Waals surface area contributed by atoms with Gasteiger partial charge < -0.3 is 16.2 Å². The molecule has 0 saturated heterocycles. The summed E-state index contributed by atoms with van der Waals surface area (Å²) >= 11 is 0. The first-order valence-corrected chi connectivity index (χ1v) is 10.9. The van der Waals surface area contributed by atoms with E-state index in [0.717, 1.165) is 65.0 Å². The average molecular weight is 441 g/mol. The SMILES string of the molecule is NC(=O)C=C1CCC(n2nc(-c3ccc(Oc4ccccc4)cc3)c3c(N)ncnc32)CC1. The summed E-state index contributed by atoms with van der Waals surface area (Å²) in [7, 11) is 0. The third-order valence-corrected chi connectivity index (χ3v) is 5.91. The minimum absolute atomic E-state index is 0.154. The normalized spacial score (nSPS) is 16.0. The Morgan fingerprint density at radius 3 is 2.39 bits per heavy atom. The number of rotatable bonds is 5. The Hall–Kier alpha value is -4.20. The number of benzene rings is 2. The molecule has 2 heterocycles. The van der Waals surface area contributed by atoms with Gasteiger partial charge >= 0.3 is 0 Å². The number of para-hydroxylation sites is 1. The molecule has 1 aliphatic rings. The van der Waals surface area contributed by atoms with Gasteiger partial charge in [0.25, 0.3) is 0 Å². The molecule has 8 heteroatoms. The van der Waals surface area contributed by atoms with E-state index in [4.69, 9.17) is 21.3 Å². The van der Waals surface area contributed by atoms with E-state index in [2.05, 4.69) is 9.97 Å². The van der Waals surface area contributed by atoms with Gasteiger partial charge in [-0.1, -0.05) is 23.8 Å². The van der Waals surface area contributed by atoms with Crippen molar-refractivity contribution in [1.82, 2.24) is 19.7 Å². The molecule has 0 aliphatic heterocycles. The predicted molar refractivity (Wildman–Crippen MR) is 126 cm³/mol. The highest BCUT2D eigenvalue weighted by Crippen LogP contribution is 2.37. The highest BCUT2D eigenvalue weighted by Gasteiger charge is 2.25. The molecule has 8 nitrogen and oxygen atoms in total. The van der Waals surface area contributed by atoms with E-state index in [1.807, 2.05) is 59.3 Å². The third-order valence-electron chi connectivity index (χ3n) is 5.91. The lowest BCUT2D eigenvalue weighted by atomic mass is 9.90. The van der Waals surface area contributed by atoms with Crippen molar-refractivity contribution in [3.05, 3.63) is 72.6 Å². The highest BCUT2D eigenvalue weighted by atomic mass is 16.5. The van der Waals surface area contributed by atoms with E-state index in [-0.39, 0.29) is 6.04 Å². The average Bonchev–Trinajstić information content (AvgIpc) is 3.21. The summed E-state index contributed by atoms with van der Waals surface area (Å²) < 4.78 is 7.86. The number of nitrogen functional groups attached to an aromatic ring is 1. The van der Waals surface area contributed by atoms with E-state index < -0.39 is 5.91 Å². The van der Waals surface area contributed by atoms with Crippen LogP contribution in [0.1, 0.15) is 31.7 Å². The molecule has 1 saturated carbocycles. The molecule has 2 aromatic carbocycles. The van der Waals surface area contributed by atoms with Crippen LogP contribution < -0.4 is 16.2 Å². The summed E-state index contributed by atoms with van der Waals surface area (Å²) in [6.45, 7) is 0. The molecular formula is C25H24N6O2. The summed E-state index contributed by atoms with van der Waals surface area (Å²) in [6.07, 6.45) is 6.32. The lowest BCUT2D eigenvalue weighted by Crippen LogP contribution is -2.17. The molecule has 4 N–H and O–H groups in total. The number of carbonyl (C=O) groups excluding carboxylic acids is 1. The van der Waals surface area contributed by atoms with Crippen LogP contribution >= 0.6 is 0 Å². The van der Waals surface area contributed by atoms with E-state index in [1.165, 1.54) is 6.33 Å². The summed E-state index contributed by atoms with van der Waals surface area (Å²) in [4.78, 5) is 19.9. The molecule has 0 atom stereocenters. The van der Waals surface area contributed by atoms with Gasteiger partial charge in [-0.2, -0.15) is 5.10 Å². The second-order valence-corrected chi connectivity index (χ2v) is 8.13. The quantitative estimate of drug-likeness (QED) is 0.444. The van der Waals surface area contributed by atoms with Crippen LogP contribution in [0.4, 0.5) is 5.82 Å². The molecule has 0 bridgehead atoms. The van der Waals surface area contributed by atoms with Crippen molar-refractivity contribution >= 4 is 22.8 Å². The Balaban J connectivity index is 1.46. The molecule has 4 aromatic rings. The largest absolute Gasteiger partial charge is 0.457 e. The van der Waals surface area contributed by atoms with Crippen LogP contribution in [0.15, 0.2) is 72.6 Å². The lowest BCUT2D eigenvalue weighted by molar-refractivity contribution is -0.113. The zero-order chi connectivity index (χ0) is 22.8. The molecule has 5 rings (SSSR count). The smallest absolute Gasteiger partial charge is 0.241 e. The number of carbonyl (C=O) groups is 1. The number of nitrogens with two attached hydrogens (primary N) is 2. The number of anilines is 1. The monoisotopic (exact) mass is 440 g/mol. The van der Waals surface area contributed by atoms with Gasteiger partial charge in [0.05, 0.1) is 11.4 Å². The molecule has 1 amide bonds. The van der Waals surface area contributed by atoms with Crippen molar-refractivity contribution in [1.29, 1.82) is 0 Å². The molecule has 166 valence electrons. The number of aromatic nitrogens is 4. The first kappa shape index (κ1) is 20.7. The van der Waals surface area contributed by atoms with Crippen LogP contribution in [0.2, 0.25) is 0 Å². The standard InChI is InChI=1S/C25H24N6O2/c26-21(32)14-16-6-10-18(11-7-16)31-25-22(24(27)28-15-29-25)23(30-31)17-8-12-20(13-9-17)33-19-4-2-1-3-5-19/h1-5,8-9,12-15,18H,6-7,10-11H2,(H2,26,32)(H2,27,28,29). The molecule has 0 radical (unpaired) electrons. The van der Waals surface area contributed by atoms with Crippen molar-refractivity contribution in [3.8, 4) is 22.8 Å². The highest BCUT2D eigenvalue weighted by molar-refractivity contribution is 5.98. The van der Waals surface area contributed by atoms with Crippen LogP contribution in [0.3, 0.4) is 0 Å². The zero-order valence-electron chi connectivity index (χ0n) is 18.0. The van der Waals surface area contributed by atoms with Crippen LogP contribution in [0, 0.1) is 0 Å². The van der Waals surface area contributed by atoms with E-state index in [0.29, 0.717) is 5.82 Å². The fourth-order valence-corrected chi connectivity index (χ4v) is 4.32. The number of primary amides is 1. The van der Waals surface area contributed by atoms with Crippen molar-refractivity contribution in [3.63, 3.8) is 0 Å². The van der Waals surface area contributed by atoms with Gasteiger partial charge in [0.1, 0.15) is 29.3 Å². The van der Waals surface area contributed by atoms with Gasteiger partial charge in [0.15, 0.2) is 5.65 Å². The van der Waals surface area contributed by atoms with E-state index in [1.54, 1.807) is 6.08 Å². The maximum absolute atomic E-state index is 11.2. The van der Waals surface area contributed by atoms with E-state index in [9.17, 15) is 4.79 Å². The first-order valence-electron chi connectivity index (χ1n) is 10.9. The summed E-state index contributed by atoms with van der Waals surface area (Å²) in [6, 6.07) is 17.5. The summed E-state index contributed by atoms with van der Waals surface area (Å²) in [5.74, 6) is 1.52. The van der Waals surface area contributed by atoms with Gasteiger partial charge in [-0.15, -0.1) is 0 Å². The first-order chi connectivity index (χ1) is 16.1. The van der Waals surface area contributed by atoms with Crippen molar-refractivity contribution in [2.45, 2.75) is 31.7 Å². The number of hydrogen-bond acceptors (Lipinski definition) is 6. The Labute approximate surface area is 190 Å². The van der Waals surface area contributed by atoms with Crippen molar-refractivity contribution in [2.75, 3.05) is 5.73 Å². The Morgan fingerprint density at radius 1 is 1.00 bits per heavy atom. The van der Waals surface area contributed by atoms with Gasteiger partial charge in [0, 0.05) is 11.6 Å². The maximum Gasteiger partial charge on any atom is 0.241 e. The Morgan fingerprint density at radius 2 is 1.70 bits per heavy atom. The van der Waals surface area contributed by atoms with E-state index >= 15 is 0 Å². The Kier molecular flexibility index (Phi) is 5.48. The van der Waals surface area contributed by atoms with Crippen LogP contribution in [-0.2, 0) is 4.79 Å². The van der Waals surface area contributed by atoms with Gasteiger partial charge in [-0.05, 0) is 62.1 Å². The summed E-state index contributed by atoms with van der Waals surface area (Å²) in [5.41, 5.74) is 15.0. The second kappa shape index (κ2) is 8.74. The molecule has 1 aliphatic carbocycles. The fraction of sp³-hybridized carbons (Fsp3) is 0.200. The second-order valence-electron chi connectivity index (χ2n) is 8.13. The molecule has 0 spiro atoms. The maximum atomic E-state index is 11.2. The molecule has 2 aromatic heterocycles. The number of allylic oxidation sites excluding steroid dienone is 1. The minimum atomic E-state index is -0.393. The number of hydrogen-bond donors (Lipinski definition) is 2. The zero-order valence-corrected chi connectivity index (χ0v) is 18.0. The minimum Gasteiger partial charge on any atom is -0.457 e. The number of nitrogens with zero attached hydrogens (tertiary/aromatic N) is 4. The predicted octanol–water partition coefficient (Wildman–Crippen LogP) is 4.39. The molecule has 0 unspecified atom stereocenters. The third kappa shape index (κ3) is 4.27.